The topological polar surface area (TPSA) is 24.1 Å². The highest BCUT2D eigenvalue weighted by Crippen LogP contribution is 2.08. The first-order chi connectivity index (χ1) is 3.79. The summed E-state index contributed by atoms with van der Waals surface area (Å²) in [5.74, 6) is 0. The molecule has 8 heavy (non-hydrogen) atoms. The van der Waals surface area contributed by atoms with Crippen molar-refractivity contribution in [2.45, 2.75) is 0 Å². The van der Waals surface area contributed by atoms with E-state index in [4.69, 9.17) is 0 Å². The number of halogens is 2. The Balaban J connectivity index is 2.65. The van der Waals surface area contributed by atoms with Crippen molar-refractivity contribution < 1.29 is 0 Å². The quantitative estimate of drug-likeness (QED) is 0.628. The van der Waals surface area contributed by atoms with Gasteiger partial charge < -0.3 is 0 Å². The Morgan fingerprint density at radius 1 is 1.00 bits per heavy atom. The molecule has 1 rings (SSSR count). The van der Waals surface area contributed by atoms with E-state index >= 15 is 0 Å². The first-order valence-corrected chi connectivity index (χ1v) is 3.62. The lowest BCUT2D eigenvalue weighted by atomic mass is 10.5. The molecule has 1 aliphatic rings. The third kappa shape index (κ3) is 1.52. The fourth-order valence-electron chi connectivity index (χ4n) is 0.349. The number of hydrogen-bond donors (Lipinski definition) is 2. The van der Waals surface area contributed by atoms with Crippen LogP contribution in [-0.2, 0) is 0 Å². The molecule has 0 unspecified atom stereocenters. The van der Waals surface area contributed by atoms with E-state index in [9.17, 15) is 0 Å². The molecular weight excluding hydrogens is 236 g/mol. The zero-order chi connectivity index (χ0) is 5.98. The van der Waals surface area contributed by atoms with Crippen molar-refractivity contribution in [3.8, 4) is 0 Å². The highest BCUT2D eigenvalue weighted by Gasteiger charge is 1.94. The lowest BCUT2D eigenvalue weighted by molar-refractivity contribution is 0.750. The van der Waals surface area contributed by atoms with Gasteiger partial charge in [-0.1, -0.05) is 0 Å². The second-order valence-corrected chi connectivity index (χ2v) is 2.99. The minimum absolute atomic E-state index is 0.931. The first kappa shape index (κ1) is 6.16. The van der Waals surface area contributed by atoms with E-state index in [-0.39, 0.29) is 0 Å². The normalized spacial score (nSPS) is 17.8. The van der Waals surface area contributed by atoms with E-state index in [1.165, 1.54) is 0 Å². The molecule has 0 aromatic rings. The number of hydrazine groups is 1. The van der Waals surface area contributed by atoms with E-state index in [1.807, 2.05) is 12.2 Å². The molecule has 0 spiro atoms. The van der Waals surface area contributed by atoms with Crippen molar-refractivity contribution in [1.82, 2.24) is 10.9 Å². The molecule has 0 aromatic heterocycles. The molecule has 1 heterocycles. The summed E-state index contributed by atoms with van der Waals surface area (Å²) in [5.41, 5.74) is 5.69. The molecule has 0 amide bonds. The second-order valence-electron chi connectivity index (χ2n) is 1.28. The summed E-state index contributed by atoms with van der Waals surface area (Å²) < 4.78 is 1.86. The molecule has 2 nitrogen and oxygen atoms in total. The van der Waals surface area contributed by atoms with Gasteiger partial charge in [0, 0.05) is 0 Å². The van der Waals surface area contributed by atoms with Crippen molar-refractivity contribution in [1.29, 1.82) is 0 Å². The van der Waals surface area contributed by atoms with Crippen LogP contribution in [0.15, 0.2) is 21.4 Å². The van der Waals surface area contributed by atoms with Gasteiger partial charge in [0.15, 0.2) is 0 Å². The summed E-state index contributed by atoms with van der Waals surface area (Å²) in [6.45, 7) is 0. The molecule has 0 fully saturated rings. The van der Waals surface area contributed by atoms with Crippen molar-refractivity contribution in [2.75, 3.05) is 0 Å². The fraction of sp³-hybridized carbons (Fsp3) is 0. The van der Waals surface area contributed by atoms with E-state index in [0.717, 1.165) is 9.21 Å². The van der Waals surface area contributed by atoms with E-state index in [0.29, 0.717) is 0 Å². The minimum atomic E-state index is 0.931. The van der Waals surface area contributed by atoms with Crippen LogP contribution >= 0.6 is 31.9 Å². The van der Waals surface area contributed by atoms with Gasteiger partial charge in [0.05, 0.1) is 9.21 Å². The van der Waals surface area contributed by atoms with Gasteiger partial charge in [-0.15, -0.1) is 0 Å². The van der Waals surface area contributed by atoms with Crippen LogP contribution in [0.3, 0.4) is 0 Å². The van der Waals surface area contributed by atoms with Gasteiger partial charge in [-0.05, 0) is 44.0 Å². The number of allylic oxidation sites excluding steroid dienone is 2. The van der Waals surface area contributed by atoms with Crippen LogP contribution < -0.4 is 10.9 Å². The molecule has 44 valence electrons. The average Bonchev–Trinajstić information content (AvgIpc) is 1.77. The van der Waals surface area contributed by atoms with Crippen LogP contribution in [-0.4, -0.2) is 0 Å². The second kappa shape index (κ2) is 2.55. The molecule has 0 saturated carbocycles. The molecule has 0 atom stereocenters. The van der Waals surface area contributed by atoms with Crippen LogP contribution in [0.4, 0.5) is 0 Å². The predicted octanol–water partition coefficient (Wildman–Crippen LogP) is 1.57. The van der Waals surface area contributed by atoms with Crippen LogP contribution in [0.1, 0.15) is 0 Å². The average molecular weight is 240 g/mol. The molecule has 0 bridgehead atoms. The molecular formula is C4H4Br2N2. The molecule has 4 heteroatoms. The lowest BCUT2D eigenvalue weighted by Gasteiger charge is -2.10. The van der Waals surface area contributed by atoms with Gasteiger partial charge in [-0.2, -0.15) is 0 Å². The van der Waals surface area contributed by atoms with Gasteiger partial charge in [-0.25, -0.2) is 0 Å². The molecule has 0 saturated heterocycles. The standard InChI is InChI=1S/C4H4Br2N2/c5-3-1-2-4(6)8-7-3/h1-2,7-8H. The maximum atomic E-state index is 3.24. The Labute approximate surface area is 64.3 Å². The Bertz CT molecular complexity index is 132. The summed E-state index contributed by atoms with van der Waals surface area (Å²) in [5, 5.41) is 0. The molecule has 2 N–H and O–H groups in total. The highest BCUT2D eigenvalue weighted by molar-refractivity contribution is 9.12. The number of hydrogen-bond acceptors (Lipinski definition) is 2. The summed E-state index contributed by atoms with van der Waals surface area (Å²) >= 11 is 6.48. The fourth-order valence-corrected chi connectivity index (χ4v) is 0.812. The lowest BCUT2D eigenvalue weighted by Crippen LogP contribution is -2.28. The summed E-state index contributed by atoms with van der Waals surface area (Å²) in [6.07, 6.45) is 3.81. The Kier molecular flexibility index (Phi) is 1.96. The van der Waals surface area contributed by atoms with Crippen molar-refractivity contribution in [3.05, 3.63) is 21.4 Å². The largest absolute Gasteiger partial charge is 0.293 e. The van der Waals surface area contributed by atoms with Crippen molar-refractivity contribution >= 4 is 31.9 Å². The molecule has 0 aliphatic carbocycles. The van der Waals surface area contributed by atoms with Gasteiger partial charge in [-0.3, -0.25) is 10.9 Å². The maximum Gasteiger partial charge on any atom is 0.0967 e. The van der Waals surface area contributed by atoms with E-state index < -0.39 is 0 Å². The Morgan fingerprint density at radius 3 is 1.62 bits per heavy atom. The van der Waals surface area contributed by atoms with Crippen LogP contribution in [0.25, 0.3) is 0 Å². The van der Waals surface area contributed by atoms with E-state index in [2.05, 4.69) is 42.7 Å². The minimum Gasteiger partial charge on any atom is -0.293 e. The number of rotatable bonds is 0. The van der Waals surface area contributed by atoms with Crippen LogP contribution in [0, 0.1) is 0 Å². The van der Waals surface area contributed by atoms with Crippen molar-refractivity contribution in [2.24, 2.45) is 0 Å². The van der Waals surface area contributed by atoms with Gasteiger partial charge in [0.2, 0.25) is 0 Å². The summed E-state index contributed by atoms with van der Waals surface area (Å²) in [4.78, 5) is 0. The molecule has 0 aromatic carbocycles. The Morgan fingerprint density at radius 2 is 1.38 bits per heavy atom. The zero-order valence-electron chi connectivity index (χ0n) is 3.91. The maximum absolute atomic E-state index is 3.24. The van der Waals surface area contributed by atoms with Gasteiger partial charge in [0.25, 0.3) is 0 Å². The third-order valence-corrected chi connectivity index (χ3v) is 1.60. The van der Waals surface area contributed by atoms with Crippen molar-refractivity contribution in [3.63, 3.8) is 0 Å². The summed E-state index contributed by atoms with van der Waals surface area (Å²) in [7, 11) is 0. The predicted molar refractivity (Wildman–Crippen MR) is 40.3 cm³/mol. The van der Waals surface area contributed by atoms with Crippen LogP contribution in [0.2, 0.25) is 0 Å². The first-order valence-electron chi connectivity index (χ1n) is 2.04. The zero-order valence-corrected chi connectivity index (χ0v) is 7.08. The highest BCUT2D eigenvalue weighted by atomic mass is 79.9. The van der Waals surface area contributed by atoms with E-state index in [1.54, 1.807) is 0 Å². The van der Waals surface area contributed by atoms with Gasteiger partial charge in [0.1, 0.15) is 0 Å². The van der Waals surface area contributed by atoms with Crippen LogP contribution in [0.5, 0.6) is 0 Å². The smallest absolute Gasteiger partial charge is 0.0967 e. The molecule has 0 radical (unpaired) electrons. The molecule has 1 aliphatic heterocycles. The Hall–Kier alpha value is 0.0400. The van der Waals surface area contributed by atoms with Gasteiger partial charge >= 0.3 is 0 Å². The third-order valence-electron chi connectivity index (χ3n) is 0.677. The SMILES string of the molecule is BrC1=CC=C(Br)NN1. The summed E-state index contributed by atoms with van der Waals surface area (Å²) in [6, 6.07) is 0. The monoisotopic (exact) mass is 238 g/mol. The number of nitrogens with one attached hydrogen (secondary N) is 2.